The molecule has 1 heterocycles. The molecule has 0 amide bonds. The molecule has 102 valence electrons. The topological polar surface area (TPSA) is 48.1 Å². The lowest BCUT2D eigenvalue weighted by Gasteiger charge is -2.19. The van der Waals surface area contributed by atoms with Gasteiger partial charge in [0.25, 0.3) is 0 Å². The second kappa shape index (κ2) is 6.13. The minimum absolute atomic E-state index is 0.143. The van der Waals surface area contributed by atoms with Gasteiger partial charge in [0.1, 0.15) is 11.1 Å². The number of thiazole rings is 1. The minimum Gasteiger partial charge on any atom is -0.371 e. The van der Waals surface area contributed by atoms with Gasteiger partial charge in [0.2, 0.25) is 0 Å². The number of hydrogen-bond acceptors (Lipinski definition) is 4. The van der Waals surface area contributed by atoms with E-state index in [-0.39, 0.29) is 6.10 Å². The normalized spacial score (nSPS) is 21.1. The molecule has 0 saturated carbocycles. The van der Waals surface area contributed by atoms with Gasteiger partial charge in [0, 0.05) is 23.9 Å². The highest BCUT2D eigenvalue weighted by Gasteiger charge is 2.27. The number of nitrogens with zero attached hydrogens (tertiary/aromatic N) is 1. The molecule has 0 aromatic carbocycles. The van der Waals surface area contributed by atoms with E-state index in [1.807, 2.05) is 18.3 Å². The molecule has 0 bridgehead atoms. The summed E-state index contributed by atoms with van der Waals surface area (Å²) >= 11 is 1.84. The van der Waals surface area contributed by atoms with Crippen LogP contribution in [-0.2, 0) is 11.2 Å². The van der Waals surface area contributed by atoms with Crippen molar-refractivity contribution in [1.29, 1.82) is 0 Å². The lowest BCUT2D eigenvalue weighted by Crippen LogP contribution is -2.18. The summed E-state index contributed by atoms with van der Waals surface area (Å²) in [5.41, 5.74) is 7.11. The first-order chi connectivity index (χ1) is 8.67. The van der Waals surface area contributed by atoms with Gasteiger partial charge < -0.3 is 10.5 Å². The molecule has 18 heavy (non-hydrogen) atoms. The third kappa shape index (κ3) is 2.76. The van der Waals surface area contributed by atoms with Crippen molar-refractivity contribution in [1.82, 2.24) is 4.98 Å². The van der Waals surface area contributed by atoms with Crippen LogP contribution in [0.2, 0.25) is 0 Å². The van der Waals surface area contributed by atoms with Crippen LogP contribution in [0.3, 0.4) is 0 Å². The Balaban J connectivity index is 2.27. The highest BCUT2D eigenvalue weighted by atomic mass is 32.1. The van der Waals surface area contributed by atoms with E-state index in [1.165, 1.54) is 29.8 Å². The molecular formula is C14H24N2OS. The van der Waals surface area contributed by atoms with E-state index in [1.54, 1.807) is 0 Å². The molecular weight excluding hydrogens is 244 g/mol. The average Bonchev–Trinajstić information content (AvgIpc) is 2.78. The maximum atomic E-state index is 5.86. The van der Waals surface area contributed by atoms with Crippen molar-refractivity contribution >= 4 is 11.3 Å². The van der Waals surface area contributed by atoms with Gasteiger partial charge in [-0.25, -0.2) is 4.98 Å². The van der Waals surface area contributed by atoms with Crippen LogP contribution in [0.1, 0.15) is 61.2 Å². The SMILES string of the molecule is CCOC(c1nc2c(s1)CCCC2CN)C(C)C. The van der Waals surface area contributed by atoms with Gasteiger partial charge in [-0.2, -0.15) is 0 Å². The number of ether oxygens (including phenoxy) is 1. The summed E-state index contributed by atoms with van der Waals surface area (Å²) in [6.07, 6.45) is 3.75. The average molecular weight is 268 g/mol. The molecule has 4 heteroatoms. The molecule has 0 aliphatic heterocycles. The van der Waals surface area contributed by atoms with Crippen LogP contribution in [0.25, 0.3) is 0 Å². The fourth-order valence-electron chi connectivity index (χ4n) is 2.61. The van der Waals surface area contributed by atoms with Gasteiger partial charge in [0.05, 0.1) is 5.69 Å². The van der Waals surface area contributed by atoms with E-state index in [0.717, 1.165) is 18.2 Å². The third-order valence-corrected chi connectivity index (χ3v) is 4.76. The van der Waals surface area contributed by atoms with Gasteiger partial charge in [-0.3, -0.25) is 0 Å². The number of fused-ring (bicyclic) bond motifs is 1. The second-order valence-electron chi connectivity index (χ2n) is 5.31. The summed E-state index contributed by atoms with van der Waals surface area (Å²) in [6.45, 7) is 7.90. The summed E-state index contributed by atoms with van der Waals surface area (Å²) in [5.74, 6) is 0.932. The predicted octanol–water partition coefficient (Wildman–Crippen LogP) is 3.26. The van der Waals surface area contributed by atoms with E-state index in [4.69, 9.17) is 15.5 Å². The fourth-order valence-corrected chi connectivity index (χ4v) is 4.02. The molecule has 2 rings (SSSR count). The zero-order valence-electron chi connectivity index (χ0n) is 11.6. The number of aromatic nitrogens is 1. The molecule has 0 spiro atoms. The number of nitrogens with two attached hydrogens (primary N) is 1. The molecule has 0 fully saturated rings. The predicted molar refractivity (Wildman–Crippen MR) is 76.1 cm³/mol. The Morgan fingerprint density at radius 2 is 2.28 bits per heavy atom. The lowest BCUT2D eigenvalue weighted by molar-refractivity contribution is 0.0291. The first kappa shape index (κ1) is 14.0. The summed E-state index contributed by atoms with van der Waals surface area (Å²) in [6, 6.07) is 0. The third-order valence-electron chi connectivity index (χ3n) is 3.57. The summed E-state index contributed by atoms with van der Waals surface area (Å²) in [4.78, 5) is 6.30. The van der Waals surface area contributed by atoms with Crippen LogP contribution in [0, 0.1) is 5.92 Å². The second-order valence-corrected chi connectivity index (χ2v) is 6.42. The highest BCUT2D eigenvalue weighted by Crippen LogP contribution is 2.38. The molecule has 1 aliphatic carbocycles. The van der Waals surface area contributed by atoms with Crippen LogP contribution < -0.4 is 5.73 Å². The molecule has 1 aromatic heterocycles. The molecule has 3 nitrogen and oxygen atoms in total. The quantitative estimate of drug-likeness (QED) is 0.891. The van der Waals surface area contributed by atoms with Crippen molar-refractivity contribution in [2.45, 2.75) is 52.1 Å². The largest absolute Gasteiger partial charge is 0.371 e. The van der Waals surface area contributed by atoms with E-state index >= 15 is 0 Å². The van der Waals surface area contributed by atoms with Crippen molar-refractivity contribution in [3.05, 3.63) is 15.6 Å². The van der Waals surface area contributed by atoms with Gasteiger partial charge in [-0.1, -0.05) is 13.8 Å². The van der Waals surface area contributed by atoms with E-state index in [9.17, 15) is 0 Å². The van der Waals surface area contributed by atoms with Gasteiger partial charge >= 0.3 is 0 Å². The summed E-state index contributed by atoms with van der Waals surface area (Å²) < 4.78 is 5.85. The Bertz CT molecular complexity index is 389. The maximum absolute atomic E-state index is 5.86. The molecule has 0 radical (unpaired) electrons. The van der Waals surface area contributed by atoms with E-state index < -0.39 is 0 Å². The van der Waals surface area contributed by atoms with Crippen molar-refractivity contribution in [2.24, 2.45) is 11.7 Å². The first-order valence-corrected chi connectivity index (χ1v) is 7.80. The molecule has 2 unspecified atom stereocenters. The standard InChI is InChI=1S/C14H24N2OS/c1-4-17-13(9(2)3)14-16-12-10(8-15)6-5-7-11(12)18-14/h9-10,13H,4-8,15H2,1-3H3. The number of rotatable bonds is 5. The smallest absolute Gasteiger partial charge is 0.122 e. The van der Waals surface area contributed by atoms with Crippen molar-refractivity contribution < 1.29 is 4.74 Å². The van der Waals surface area contributed by atoms with Crippen LogP contribution in [0.5, 0.6) is 0 Å². The van der Waals surface area contributed by atoms with Crippen LogP contribution >= 0.6 is 11.3 Å². The van der Waals surface area contributed by atoms with Crippen LogP contribution in [0.4, 0.5) is 0 Å². The van der Waals surface area contributed by atoms with Gasteiger partial charge in [-0.15, -0.1) is 11.3 Å². The van der Waals surface area contributed by atoms with Gasteiger partial charge in [0.15, 0.2) is 0 Å². The number of aryl methyl sites for hydroxylation is 1. The zero-order valence-corrected chi connectivity index (χ0v) is 12.4. The Morgan fingerprint density at radius 1 is 1.50 bits per heavy atom. The molecule has 0 saturated heterocycles. The summed E-state index contributed by atoms with van der Waals surface area (Å²) in [5, 5.41) is 1.15. The van der Waals surface area contributed by atoms with Crippen molar-refractivity contribution in [2.75, 3.05) is 13.2 Å². The fraction of sp³-hybridized carbons (Fsp3) is 0.786. The lowest BCUT2D eigenvalue weighted by atomic mass is 9.91. The Morgan fingerprint density at radius 3 is 2.89 bits per heavy atom. The van der Waals surface area contributed by atoms with Crippen molar-refractivity contribution in [3.8, 4) is 0 Å². The molecule has 2 atom stereocenters. The minimum atomic E-state index is 0.143. The molecule has 1 aliphatic rings. The van der Waals surface area contributed by atoms with Crippen molar-refractivity contribution in [3.63, 3.8) is 0 Å². The van der Waals surface area contributed by atoms with E-state index in [2.05, 4.69) is 13.8 Å². The zero-order chi connectivity index (χ0) is 13.1. The first-order valence-electron chi connectivity index (χ1n) is 6.98. The molecule has 2 N–H and O–H groups in total. The van der Waals surface area contributed by atoms with Crippen LogP contribution in [0.15, 0.2) is 0 Å². The van der Waals surface area contributed by atoms with Gasteiger partial charge in [-0.05, 0) is 32.1 Å². The molecule has 1 aromatic rings. The highest BCUT2D eigenvalue weighted by molar-refractivity contribution is 7.11. The maximum Gasteiger partial charge on any atom is 0.122 e. The summed E-state index contributed by atoms with van der Waals surface area (Å²) in [7, 11) is 0. The Kier molecular flexibility index (Phi) is 4.76. The monoisotopic (exact) mass is 268 g/mol. The van der Waals surface area contributed by atoms with E-state index in [0.29, 0.717) is 11.8 Å². The Labute approximate surface area is 114 Å². The number of hydrogen-bond donors (Lipinski definition) is 1. The van der Waals surface area contributed by atoms with Crippen LogP contribution in [-0.4, -0.2) is 18.1 Å². The Hall–Kier alpha value is -0.450.